The number of hydrogen-bond donors (Lipinski definition) is 1. The number of thiophene rings is 1. The monoisotopic (exact) mass is 279 g/mol. The van der Waals surface area contributed by atoms with Crippen molar-refractivity contribution in [3.63, 3.8) is 0 Å². The van der Waals surface area contributed by atoms with Gasteiger partial charge in [-0.25, -0.2) is 4.79 Å². The fourth-order valence-corrected chi connectivity index (χ4v) is 4.10. The third-order valence-electron chi connectivity index (χ3n) is 4.20. The lowest BCUT2D eigenvalue weighted by atomic mass is 9.88. The molecule has 0 amide bonds. The van der Waals surface area contributed by atoms with Gasteiger partial charge in [0.1, 0.15) is 12.1 Å². The summed E-state index contributed by atoms with van der Waals surface area (Å²) in [6, 6.07) is 1.81. The maximum atomic E-state index is 12.4. The van der Waals surface area contributed by atoms with E-state index in [9.17, 15) is 4.79 Å². The minimum atomic E-state index is -0.243. The van der Waals surface area contributed by atoms with E-state index >= 15 is 0 Å². The van der Waals surface area contributed by atoms with Crippen molar-refractivity contribution in [3.05, 3.63) is 21.9 Å². The Morgan fingerprint density at radius 1 is 1.47 bits per heavy atom. The molecular weight excluding hydrogens is 258 g/mol. The number of esters is 1. The molecule has 3 atom stereocenters. The van der Waals surface area contributed by atoms with Gasteiger partial charge < -0.3 is 10.1 Å². The van der Waals surface area contributed by atoms with Crippen molar-refractivity contribution in [1.29, 1.82) is 0 Å². The Labute approximate surface area is 118 Å². The molecule has 1 aliphatic carbocycles. The number of ether oxygens (including phenoxy) is 1. The molecule has 0 bridgehead atoms. The molecule has 0 saturated heterocycles. The smallest absolute Gasteiger partial charge is 0.328 e. The van der Waals surface area contributed by atoms with Crippen LogP contribution in [0.1, 0.15) is 49.1 Å². The molecule has 1 aliphatic heterocycles. The molecule has 1 aromatic rings. The van der Waals surface area contributed by atoms with Crippen molar-refractivity contribution < 1.29 is 9.53 Å². The van der Waals surface area contributed by atoms with Crippen LogP contribution in [0.25, 0.3) is 0 Å². The Bertz CT molecular complexity index is 457. The standard InChI is InChI=1S/C15H21NO2S/c1-10-3-2-4-11(9-10)18-15(17)14-12-6-8-19-13(12)5-7-16-14/h6,8,10-11,14,16H,2-5,7,9H2,1H3. The molecule has 4 heteroatoms. The van der Waals surface area contributed by atoms with Crippen LogP contribution in [-0.4, -0.2) is 18.6 Å². The number of carbonyl (C=O) groups is 1. The fourth-order valence-electron chi connectivity index (χ4n) is 3.18. The van der Waals surface area contributed by atoms with Gasteiger partial charge >= 0.3 is 5.97 Å². The number of rotatable bonds is 2. The minimum absolute atomic E-state index is 0.0848. The van der Waals surface area contributed by atoms with E-state index in [2.05, 4.69) is 23.7 Å². The van der Waals surface area contributed by atoms with E-state index in [1.807, 2.05) is 0 Å². The summed E-state index contributed by atoms with van der Waals surface area (Å²) >= 11 is 1.75. The van der Waals surface area contributed by atoms with Crippen LogP contribution in [0.5, 0.6) is 0 Å². The highest BCUT2D eigenvalue weighted by Crippen LogP contribution is 2.31. The van der Waals surface area contributed by atoms with Crippen LogP contribution in [0.2, 0.25) is 0 Å². The highest BCUT2D eigenvalue weighted by atomic mass is 32.1. The van der Waals surface area contributed by atoms with Crippen LogP contribution in [0, 0.1) is 5.92 Å². The first-order chi connectivity index (χ1) is 9.24. The third-order valence-corrected chi connectivity index (χ3v) is 5.19. The first kappa shape index (κ1) is 13.1. The van der Waals surface area contributed by atoms with Crippen LogP contribution in [-0.2, 0) is 16.0 Å². The van der Waals surface area contributed by atoms with Crippen molar-refractivity contribution in [1.82, 2.24) is 5.32 Å². The zero-order valence-electron chi connectivity index (χ0n) is 11.4. The van der Waals surface area contributed by atoms with E-state index in [0.717, 1.165) is 31.4 Å². The zero-order chi connectivity index (χ0) is 13.2. The van der Waals surface area contributed by atoms with Crippen LogP contribution in [0.4, 0.5) is 0 Å². The second-order valence-corrected chi connectivity index (χ2v) is 6.77. The molecule has 19 heavy (non-hydrogen) atoms. The first-order valence-electron chi connectivity index (χ1n) is 7.24. The number of fused-ring (bicyclic) bond motifs is 1. The summed E-state index contributed by atoms with van der Waals surface area (Å²) in [6.07, 6.45) is 5.65. The maximum absolute atomic E-state index is 12.4. The Balaban J connectivity index is 1.65. The second-order valence-electron chi connectivity index (χ2n) is 5.77. The zero-order valence-corrected chi connectivity index (χ0v) is 12.2. The van der Waals surface area contributed by atoms with Crippen molar-refractivity contribution in [3.8, 4) is 0 Å². The lowest BCUT2D eigenvalue weighted by molar-refractivity contribution is -0.154. The number of carbonyl (C=O) groups excluding carboxylic acids is 1. The summed E-state index contributed by atoms with van der Waals surface area (Å²) in [7, 11) is 0. The van der Waals surface area contributed by atoms with E-state index < -0.39 is 0 Å². The fraction of sp³-hybridized carbons (Fsp3) is 0.667. The van der Waals surface area contributed by atoms with Crippen LogP contribution < -0.4 is 5.32 Å². The van der Waals surface area contributed by atoms with Crippen LogP contribution in [0.3, 0.4) is 0 Å². The molecule has 3 rings (SSSR count). The van der Waals surface area contributed by atoms with Gasteiger partial charge in [0.25, 0.3) is 0 Å². The predicted octanol–water partition coefficient (Wildman–Crippen LogP) is 3.06. The van der Waals surface area contributed by atoms with Gasteiger partial charge in [-0.15, -0.1) is 11.3 Å². The Kier molecular flexibility index (Phi) is 3.89. The third kappa shape index (κ3) is 2.84. The molecule has 0 spiro atoms. The van der Waals surface area contributed by atoms with Gasteiger partial charge in [-0.3, -0.25) is 0 Å². The van der Waals surface area contributed by atoms with Gasteiger partial charge in [0.2, 0.25) is 0 Å². The molecule has 3 nitrogen and oxygen atoms in total. The van der Waals surface area contributed by atoms with Gasteiger partial charge in [-0.2, -0.15) is 0 Å². The van der Waals surface area contributed by atoms with Gasteiger partial charge in [-0.05, 0) is 48.6 Å². The first-order valence-corrected chi connectivity index (χ1v) is 8.12. The molecule has 0 radical (unpaired) electrons. The summed E-state index contributed by atoms with van der Waals surface area (Å²) in [5.74, 6) is 0.598. The summed E-state index contributed by atoms with van der Waals surface area (Å²) in [6.45, 7) is 3.12. The quantitative estimate of drug-likeness (QED) is 0.846. The van der Waals surface area contributed by atoms with Crippen LogP contribution in [0.15, 0.2) is 11.4 Å². The van der Waals surface area contributed by atoms with E-state index in [1.54, 1.807) is 11.3 Å². The van der Waals surface area contributed by atoms with Crippen LogP contribution >= 0.6 is 11.3 Å². The Hall–Kier alpha value is -0.870. The van der Waals surface area contributed by atoms with Gasteiger partial charge in [-0.1, -0.05) is 13.3 Å². The average molecular weight is 279 g/mol. The molecule has 1 aromatic heterocycles. The molecule has 2 aliphatic rings. The maximum Gasteiger partial charge on any atom is 0.328 e. The lowest BCUT2D eigenvalue weighted by Crippen LogP contribution is -2.37. The highest BCUT2D eigenvalue weighted by Gasteiger charge is 2.31. The van der Waals surface area contributed by atoms with E-state index in [1.165, 1.54) is 17.7 Å². The largest absolute Gasteiger partial charge is 0.461 e. The summed E-state index contributed by atoms with van der Waals surface area (Å²) < 4.78 is 5.73. The molecule has 1 N–H and O–H groups in total. The SMILES string of the molecule is CC1CCCC(OC(=O)C2NCCc3sccc32)C1. The molecule has 0 aromatic carbocycles. The summed E-state index contributed by atoms with van der Waals surface area (Å²) in [4.78, 5) is 13.7. The minimum Gasteiger partial charge on any atom is -0.461 e. The van der Waals surface area contributed by atoms with Crippen molar-refractivity contribution in [2.24, 2.45) is 5.92 Å². The van der Waals surface area contributed by atoms with E-state index in [0.29, 0.717) is 5.92 Å². The number of hydrogen-bond acceptors (Lipinski definition) is 4. The molecule has 104 valence electrons. The topological polar surface area (TPSA) is 38.3 Å². The Morgan fingerprint density at radius 2 is 2.37 bits per heavy atom. The van der Waals surface area contributed by atoms with Crippen molar-refractivity contribution >= 4 is 17.3 Å². The predicted molar refractivity (Wildman–Crippen MR) is 76.3 cm³/mol. The average Bonchev–Trinajstić information content (AvgIpc) is 2.86. The highest BCUT2D eigenvalue weighted by molar-refractivity contribution is 7.10. The lowest BCUT2D eigenvalue weighted by Gasteiger charge is -2.29. The van der Waals surface area contributed by atoms with Gasteiger partial charge in [0.05, 0.1) is 0 Å². The molecular formula is C15H21NO2S. The van der Waals surface area contributed by atoms with E-state index in [4.69, 9.17) is 4.74 Å². The number of nitrogens with one attached hydrogen (secondary N) is 1. The molecule has 1 saturated carbocycles. The van der Waals surface area contributed by atoms with Gasteiger partial charge in [0, 0.05) is 11.4 Å². The molecule has 1 fully saturated rings. The molecule has 3 unspecified atom stereocenters. The Morgan fingerprint density at radius 3 is 3.21 bits per heavy atom. The summed E-state index contributed by atoms with van der Waals surface area (Å²) in [5.41, 5.74) is 1.13. The van der Waals surface area contributed by atoms with E-state index in [-0.39, 0.29) is 18.1 Å². The van der Waals surface area contributed by atoms with Gasteiger partial charge in [0.15, 0.2) is 0 Å². The normalized spacial score (nSPS) is 30.7. The summed E-state index contributed by atoms with van der Waals surface area (Å²) in [5, 5.41) is 5.36. The second kappa shape index (κ2) is 5.63. The molecule has 2 heterocycles. The van der Waals surface area contributed by atoms with Crippen molar-refractivity contribution in [2.45, 2.75) is 51.2 Å². The van der Waals surface area contributed by atoms with Crippen molar-refractivity contribution in [2.75, 3.05) is 6.54 Å².